The largest absolute Gasteiger partial charge is 0.408 e. The third-order valence-corrected chi connectivity index (χ3v) is 7.15. The maximum atomic E-state index is 13.5. The van der Waals surface area contributed by atoms with E-state index in [0.29, 0.717) is 33.8 Å². The number of aromatic nitrogens is 6. The summed E-state index contributed by atoms with van der Waals surface area (Å²) in [5, 5.41) is 23.8. The summed E-state index contributed by atoms with van der Waals surface area (Å²) in [5.41, 5.74) is 2.67. The molecule has 0 radical (unpaired) electrons. The normalized spacial score (nSPS) is 13.7. The number of anilines is 3. The molecule has 3 aromatic carbocycles. The average molecular weight is 590 g/mol. The Morgan fingerprint density at radius 3 is 2.40 bits per heavy atom. The molecule has 6 rings (SSSR count). The van der Waals surface area contributed by atoms with Gasteiger partial charge in [-0.3, -0.25) is 14.3 Å². The number of halogens is 3. The van der Waals surface area contributed by atoms with E-state index in [1.54, 1.807) is 60.7 Å². The molecule has 0 saturated carbocycles. The average Bonchev–Trinajstić information content (AvgIpc) is 3.66. The third kappa shape index (κ3) is 6.17. The number of carbonyl (C=O) groups is 2. The molecule has 0 bridgehead atoms. The van der Waals surface area contributed by atoms with Gasteiger partial charge in [0.25, 0.3) is 11.8 Å². The first-order chi connectivity index (χ1) is 20.7. The minimum atomic E-state index is -4.51. The number of aromatic amines is 1. The molecule has 0 unspecified atom stereocenters. The number of piperidine rings is 1. The van der Waals surface area contributed by atoms with Crippen molar-refractivity contribution >= 4 is 39.8 Å². The van der Waals surface area contributed by atoms with E-state index in [1.807, 2.05) is 0 Å². The first-order valence-corrected chi connectivity index (χ1v) is 13.6. The second-order valence-corrected chi connectivity index (χ2v) is 10.1. The fraction of sp³-hybridized carbons (Fsp3) is 0.241. The van der Waals surface area contributed by atoms with Crippen molar-refractivity contribution in [3.8, 4) is 11.4 Å². The topological polar surface area (TPSA) is 134 Å². The minimum absolute atomic E-state index is 0.138. The summed E-state index contributed by atoms with van der Waals surface area (Å²) in [6.07, 6.45) is -1.48. The van der Waals surface area contributed by atoms with Crippen molar-refractivity contribution in [2.24, 2.45) is 0 Å². The number of H-pyrrole nitrogens is 1. The van der Waals surface area contributed by atoms with Crippen LogP contribution < -0.4 is 15.5 Å². The Bertz CT molecular complexity index is 1760. The molecule has 11 nitrogen and oxygen atoms in total. The lowest BCUT2D eigenvalue weighted by Gasteiger charge is -2.30. The van der Waals surface area contributed by atoms with Gasteiger partial charge in [-0.2, -0.15) is 23.5 Å². The van der Waals surface area contributed by atoms with Gasteiger partial charge in [0, 0.05) is 35.3 Å². The highest BCUT2D eigenvalue weighted by Gasteiger charge is 2.31. The van der Waals surface area contributed by atoms with Crippen LogP contribution in [0.25, 0.3) is 22.3 Å². The smallest absolute Gasteiger partial charge is 0.370 e. The predicted octanol–water partition coefficient (Wildman–Crippen LogP) is 5.27. The summed E-state index contributed by atoms with van der Waals surface area (Å²) in [4.78, 5) is 28.9. The van der Waals surface area contributed by atoms with Crippen molar-refractivity contribution in [3.63, 3.8) is 0 Å². The number of para-hydroxylation sites is 1. The van der Waals surface area contributed by atoms with E-state index in [0.717, 1.165) is 37.0 Å². The number of benzene rings is 3. The molecular weight excluding hydrogens is 563 g/mol. The van der Waals surface area contributed by atoms with Gasteiger partial charge in [0.15, 0.2) is 5.69 Å². The number of carbonyl (C=O) groups excluding carboxylic acids is 2. The van der Waals surface area contributed by atoms with Crippen molar-refractivity contribution in [1.82, 2.24) is 30.4 Å². The maximum Gasteiger partial charge on any atom is 0.408 e. The van der Waals surface area contributed by atoms with Crippen LogP contribution >= 0.6 is 0 Å². The van der Waals surface area contributed by atoms with Gasteiger partial charge in [-0.15, -0.1) is 10.2 Å². The van der Waals surface area contributed by atoms with Crippen LogP contribution in [0.15, 0.2) is 66.7 Å². The molecule has 0 aliphatic carbocycles. The number of hydrogen-bond acceptors (Lipinski definition) is 7. The van der Waals surface area contributed by atoms with Gasteiger partial charge in [0.05, 0.1) is 16.9 Å². The number of amides is 2. The molecule has 1 aliphatic rings. The third-order valence-electron chi connectivity index (χ3n) is 7.15. The fourth-order valence-electron chi connectivity index (χ4n) is 5.14. The van der Waals surface area contributed by atoms with Gasteiger partial charge < -0.3 is 15.5 Å². The van der Waals surface area contributed by atoms with E-state index in [4.69, 9.17) is 0 Å². The molecular formula is C29H26F3N9O2. The van der Waals surface area contributed by atoms with Crippen LogP contribution in [0.3, 0.4) is 0 Å². The predicted molar refractivity (Wildman–Crippen MR) is 154 cm³/mol. The summed E-state index contributed by atoms with van der Waals surface area (Å²) in [6.45, 7) is 0.208. The Hall–Kier alpha value is -5.27. The second kappa shape index (κ2) is 11.5. The van der Waals surface area contributed by atoms with Gasteiger partial charge in [-0.05, 0) is 73.0 Å². The Labute approximate surface area is 243 Å². The molecule has 1 fully saturated rings. The van der Waals surface area contributed by atoms with Crippen molar-refractivity contribution < 1.29 is 22.8 Å². The highest BCUT2D eigenvalue weighted by atomic mass is 19.4. The molecule has 2 aromatic heterocycles. The van der Waals surface area contributed by atoms with Crippen LogP contribution in [0.4, 0.5) is 30.2 Å². The Balaban J connectivity index is 1.29. The highest BCUT2D eigenvalue weighted by molar-refractivity contribution is 6.13. The molecule has 0 atom stereocenters. The summed E-state index contributed by atoms with van der Waals surface area (Å²) >= 11 is 0. The number of nitrogens with one attached hydrogen (secondary N) is 3. The highest BCUT2D eigenvalue weighted by Crippen LogP contribution is 2.32. The van der Waals surface area contributed by atoms with E-state index < -0.39 is 24.5 Å². The minimum Gasteiger partial charge on any atom is -0.370 e. The first kappa shape index (κ1) is 27.9. The number of fused-ring (bicyclic) bond motifs is 1. The van der Waals surface area contributed by atoms with Crippen LogP contribution in [0, 0.1) is 0 Å². The standard InChI is InChI=1S/C29H26F3N9O2/c30-29(31,32)17-41-23-7-3-2-6-21(23)25(37-41)28(43)34-22-16-19(10-13-24(22)40-14-4-1-5-15-40)27(42)33-20-11-8-18(9-12-20)26-35-38-39-36-26/h2-3,6-13,16H,1,4-5,14-15,17H2,(H,33,42)(H,34,43)(H,35,36,38,39). The Morgan fingerprint density at radius 1 is 0.907 bits per heavy atom. The van der Waals surface area contributed by atoms with E-state index >= 15 is 0 Å². The zero-order valence-electron chi connectivity index (χ0n) is 22.7. The summed E-state index contributed by atoms with van der Waals surface area (Å²) in [6, 6.07) is 18.2. The molecule has 0 spiro atoms. The number of alkyl halides is 3. The lowest BCUT2D eigenvalue weighted by atomic mass is 10.1. The van der Waals surface area contributed by atoms with Crippen molar-refractivity contribution in [2.75, 3.05) is 28.6 Å². The lowest BCUT2D eigenvalue weighted by molar-refractivity contribution is -0.141. The van der Waals surface area contributed by atoms with Gasteiger partial charge >= 0.3 is 6.18 Å². The second-order valence-electron chi connectivity index (χ2n) is 10.1. The van der Waals surface area contributed by atoms with Gasteiger partial charge in [0.2, 0.25) is 5.82 Å². The lowest BCUT2D eigenvalue weighted by Crippen LogP contribution is -2.30. The monoisotopic (exact) mass is 589 g/mol. The molecule has 14 heteroatoms. The van der Waals surface area contributed by atoms with Crippen LogP contribution in [-0.2, 0) is 6.54 Å². The van der Waals surface area contributed by atoms with Gasteiger partial charge in [-0.25, -0.2) is 0 Å². The van der Waals surface area contributed by atoms with Crippen molar-refractivity contribution in [3.05, 3.63) is 78.0 Å². The van der Waals surface area contributed by atoms with Crippen LogP contribution in [0.5, 0.6) is 0 Å². The number of rotatable bonds is 7. The number of tetrazole rings is 1. The Kier molecular flexibility index (Phi) is 7.49. The SMILES string of the molecule is O=C(Nc1ccc(-c2nn[nH]n2)cc1)c1ccc(N2CCCCC2)c(NC(=O)c2nn(CC(F)(F)F)c3ccccc23)c1. The van der Waals surface area contributed by atoms with E-state index in [2.05, 4.69) is 41.3 Å². The van der Waals surface area contributed by atoms with Crippen molar-refractivity contribution in [1.29, 1.82) is 0 Å². The molecule has 2 amide bonds. The summed E-state index contributed by atoms with van der Waals surface area (Å²) < 4.78 is 40.5. The molecule has 3 N–H and O–H groups in total. The maximum absolute atomic E-state index is 13.5. The molecule has 220 valence electrons. The van der Waals surface area contributed by atoms with E-state index in [1.165, 1.54) is 6.07 Å². The first-order valence-electron chi connectivity index (χ1n) is 13.6. The Morgan fingerprint density at radius 2 is 1.67 bits per heavy atom. The van der Waals surface area contributed by atoms with Gasteiger partial charge in [-0.1, -0.05) is 18.2 Å². The summed E-state index contributed by atoms with van der Waals surface area (Å²) in [7, 11) is 0. The molecule has 1 saturated heterocycles. The molecule has 43 heavy (non-hydrogen) atoms. The number of nitrogens with zero attached hydrogens (tertiary/aromatic N) is 6. The quantitative estimate of drug-likeness (QED) is 0.235. The van der Waals surface area contributed by atoms with E-state index in [9.17, 15) is 22.8 Å². The van der Waals surface area contributed by atoms with Gasteiger partial charge in [0.1, 0.15) is 6.54 Å². The molecule has 3 heterocycles. The van der Waals surface area contributed by atoms with E-state index in [-0.39, 0.29) is 16.8 Å². The molecule has 5 aromatic rings. The zero-order chi connectivity index (χ0) is 30.0. The number of hydrogen-bond donors (Lipinski definition) is 3. The van der Waals surface area contributed by atoms with Crippen LogP contribution in [-0.4, -0.2) is 61.5 Å². The van der Waals surface area contributed by atoms with Crippen LogP contribution in [0.2, 0.25) is 0 Å². The van der Waals surface area contributed by atoms with Crippen molar-refractivity contribution in [2.45, 2.75) is 32.0 Å². The van der Waals surface area contributed by atoms with Crippen LogP contribution in [0.1, 0.15) is 40.1 Å². The fourth-order valence-corrected chi connectivity index (χ4v) is 5.14. The molecule has 1 aliphatic heterocycles. The summed E-state index contributed by atoms with van der Waals surface area (Å²) in [5.74, 6) is -0.666. The zero-order valence-corrected chi connectivity index (χ0v) is 22.7.